The first-order valence-electron chi connectivity index (χ1n) is 5.61. The molecule has 0 heterocycles. The summed E-state index contributed by atoms with van der Waals surface area (Å²) in [6.45, 7) is 4.28. The van der Waals surface area contributed by atoms with Crippen molar-refractivity contribution in [3.05, 3.63) is 59.2 Å². The molecule has 1 aromatic rings. The van der Waals surface area contributed by atoms with Gasteiger partial charge in [0.1, 0.15) is 0 Å². The van der Waals surface area contributed by atoms with E-state index in [2.05, 4.69) is 50.3 Å². The quantitative estimate of drug-likeness (QED) is 0.407. The molecule has 0 unspecified atom stereocenters. The lowest BCUT2D eigenvalue weighted by Gasteiger charge is -2.05. The molecule has 0 aliphatic heterocycles. The maximum absolute atomic E-state index is 4.82. The van der Waals surface area contributed by atoms with Crippen molar-refractivity contribution in [3.8, 4) is 0 Å². The molecule has 0 nitrogen and oxygen atoms in total. The molecule has 0 aliphatic carbocycles. The molecule has 1 aromatic carbocycles. The van der Waals surface area contributed by atoms with Crippen molar-refractivity contribution in [2.75, 3.05) is 0 Å². The highest BCUT2D eigenvalue weighted by molar-refractivity contribution is 7.79. The topological polar surface area (TPSA) is 0 Å². The van der Waals surface area contributed by atoms with E-state index in [0.717, 1.165) is 12.8 Å². The van der Waals surface area contributed by atoms with Gasteiger partial charge in [-0.05, 0) is 31.4 Å². The Hall–Kier alpha value is -1.21. The average Bonchev–Trinajstić information content (AvgIpc) is 2.30. The van der Waals surface area contributed by atoms with Crippen LogP contribution in [0.4, 0.5) is 0 Å². The summed E-state index contributed by atoms with van der Waals surface area (Å²) >= 11 is 4.82. The third kappa shape index (κ3) is 4.54. The molecule has 0 bridgehead atoms. The second kappa shape index (κ2) is 7.13. The minimum atomic E-state index is 1.03. The van der Waals surface area contributed by atoms with Crippen LogP contribution in [0.3, 0.4) is 0 Å². The van der Waals surface area contributed by atoms with Crippen LogP contribution in [0, 0.1) is 0 Å². The third-order valence-electron chi connectivity index (χ3n) is 2.49. The second-order valence-electron chi connectivity index (χ2n) is 3.87. The Bertz CT molecular complexity index is 385. The predicted octanol–water partition coefficient (Wildman–Crippen LogP) is 4.51. The maximum Gasteiger partial charge on any atom is 0.00161 e. The standard InChI is InChI=1S/C15H18S/c1-3-14(11-13(2)9-10-16)12-15-7-5-4-6-8-15/h4-11H,3,12H2,1-2H3/b13-9-,14-11+. The van der Waals surface area contributed by atoms with Crippen LogP contribution in [0.25, 0.3) is 0 Å². The third-order valence-corrected chi connectivity index (χ3v) is 2.63. The molecule has 1 rings (SSSR count). The normalized spacial score (nSPS) is 12.6. The van der Waals surface area contributed by atoms with Gasteiger partial charge in [0.05, 0.1) is 0 Å². The fraction of sp³-hybridized carbons (Fsp3) is 0.267. The zero-order chi connectivity index (χ0) is 11.8. The van der Waals surface area contributed by atoms with E-state index in [4.69, 9.17) is 12.2 Å². The van der Waals surface area contributed by atoms with Crippen LogP contribution >= 0.6 is 12.2 Å². The number of allylic oxidation sites excluding steroid dienone is 4. The van der Waals surface area contributed by atoms with Crippen LogP contribution in [-0.2, 0) is 6.42 Å². The van der Waals surface area contributed by atoms with E-state index in [1.807, 2.05) is 6.08 Å². The Morgan fingerprint density at radius 2 is 1.94 bits per heavy atom. The molecule has 0 amide bonds. The van der Waals surface area contributed by atoms with Crippen molar-refractivity contribution >= 4 is 17.6 Å². The summed E-state index contributed by atoms with van der Waals surface area (Å²) in [4.78, 5) is 0. The Morgan fingerprint density at radius 3 is 2.50 bits per heavy atom. The van der Waals surface area contributed by atoms with Gasteiger partial charge in [-0.1, -0.05) is 66.7 Å². The lowest BCUT2D eigenvalue weighted by atomic mass is 10.0. The van der Waals surface area contributed by atoms with Crippen LogP contribution in [-0.4, -0.2) is 5.37 Å². The summed E-state index contributed by atoms with van der Waals surface area (Å²) in [6.07, 6.45) is 6.31. The van der Waals surface area contributed by atoms with Crippen molar-refractivity contribution in [1.82, 2.24) is 0 Å². The Kier molecular flexibility index (Phi) is 5.73. The highest BCUT2D eigenvalue weighted by atomic mass is 32.1. The second-order valence-corrected chi connectivity index (χ2v) is 4.14. The van der Waals surface area contributed by atoms with E-state index < -0.39 is 0 Å². The molecule has 0 fully saturated rings. The van der Waals surface area contributed by atoms with E-state index >= 15 is 0 Å². The minimum absolute atomic E-state index is 1.03. The average molecular weight is 230 g/mol. The zero-order valence-corrected chi connectivity index (χ0v) is 10.8. The largest absolute Gasteiger partial charge is 0.0887 e. The van der Waals surface area contributed by atoms with E-state index in [1.165, 1.54) is 16.7 Å². The van der Waals surface area contributed by atoms with Gasteiger partial charge in [0.2, 0.25) is 0 Å². The van der Waals surface area contributed by atoms with Crippen molar-refractivity contribution in [2.24, 2.45) is 0 Å². The monoisotopic (exact) mass is 230 g/mol. The van der Waals surface area contributed by atoms with Crippen molar-refractivity contribution in [3.63, 3.8) is 0 Å². The maximum atomic E-state index is 4.82. The van der Waals surface area contributed by atoms with Crippen LogP contribution < -0.4 is 0 Å². The molecule has 0 spiro atoms. The summed E-state index contributed by atoms with van der Waals surface area (Å²) in [5, 5.41) is 1.67. The lowest BCUT2D eigenvalue weighted by Crippen LogP contribution is -1.90. The van der Waals surface area contributed by atoms with Crippen molar-refractivity contribution in [1.29, 1.82) is 0 Å². The number of hydrogen-bond donors (Lipinski definition) is 0. The van der Waals surface area contributed by atoms with Crippen molar-refractivity contribution in [2.45, 2.75) is 26.7 Å². The van der Waals surface area contributed by atoms with Crippen LogP contribution in [0.5, 0.6) is 0 Å². The van der Waals surface area contributed by atoms with Gasteiger partial charge in [-0.15, -0.1) is 0 Å². The molecule has 0 N–H and O–H groups in total. The summed E-state index contributed by atoms with van der Waals surface area (Å²) in [5.74, 6) is 0. The van der Waals surface area contributed by atoms with E-state index in [1.54, 1.807) is 5.37 Å². The van der Waals surface area contributed by atoms with Gasteiger partial charge in [0.25, 0.3) is 0 Å². The highest BCUT2D eigenvalue weighted by Gasteiger charge is 1.97. The first kappa shape index (κ1) is 12.9. The first-order valence-corrected chi connectivity index (χ1v) is 6.08. The molecule has 16 heavy (non-hydrogen) atoms. The molecule has 0 radical (unpaired) electrons. The van der Waals surface area contributed by atoms with Gasteiger partial charge in [0, 0.05) is 5.37 Å². The number of benzene rings is 1. The van der Waals surface area contributed by atoms with E-state index in [9.17, 15) is 0 Å². The number of rotatable bonds is 5. The van der Waals surface area contributed by atoms with Gasteiger partial charge in [-0.2, -0.15) is 0 Å². The van der Waals surface area contributed by atoms with Crippen LogP contribution in [0.1, 0.15) is 25.8 Å². The lowest BCUT2D eigenvalue weighted by molar-refractivity contribution is 1.000. The highest BCUT2D eigenvalue weighted by Crippen LogP contribution is 2.13. The fourth-order valence-electron chi connectivity index (χ4n) is 1.61. The number of thiocarbonyl (C=S) groups is 1. The van der Waals surface area contributed by atoms with Gasteiger partial charge in [0.15, 0.2) is 0 Å². The molecular weight excluding hydrogens is 212 g/mol. The summed E-state index contributed by atoms with van der Waals surface area (Å²) in [5.41, 5.74) is 4.03. The van der Waals surface area contributed by atoms with E-state index in [-0.39, 0.29) is 0 Å². The molecule has 0 aromatic heterocycles. The molecule has 0 aliphatic rings. The smallest absolute Gasteiger partial charge is 0.00161 e. The molecule has 0 saturated heterocycles. The molecule has 0 atom stereocenters. The van der Waals surface area contributed by atoms with Gasteiger partial charge in [-0.25, -0.2) is 0 Å². The molecule has 84 valence electrons. The van der Waals surface area contributed by atoms with Gasteiger partial charge >= 0.3 is 0 Å². The summed E-state index contributed by atoms with van der Waals surface area (Å²) < 4.78 is 0. The SMILES string of the molecule is CC/C(=C\C(C)=C/C=S)Cc1ccccc1. The van der Waals surface area contributed by atoms with Crippen LogP contribution in [0.2, 0.25) is 0 Å². The first-order chi connectivity index (χ1) is 7.76. The minimum Gasteiger partial charge on any atom is -0.0887 e. The Balaban J connectivity index is 2.76. The summed E-state index contributed by atoms with van der Waals surface area (Å²) in [7, 11) is 0. The van der Waals surface area contributed by atoms with E-state index in [0.29, 0.717) is 0 Å². The summed E-state index contributed by atoms with van der Waals surface area (Å²) in [6, 6.07) is 10.6. The Labute approximate surface area is 104 Å². The predicted molar refractivity (Wildman–Crippen MR) is 75.9 cm³/mol. The zero-order valence-electron chi connectivity index (χ0n) is 9.94. The van der Waals surface area contributed by atoms with Crippen molar-refractivity contribution < 1.29 is 0 Å². The molecule has 1 heteroatoms. The number of hydrogen-bond acceptors (Lipinski definition) is 1. The van der Waals surface area contributed by atoms with Gasteiger partial charge < -0.3 is 0 Å². The Morgan fingerprint density at radius 1 is 1.25 bits per heavy atom. The fourth-order valence-corrected chi connectivity index (χ4v) is 1.83. The van der Waals surface area contributed by atoms with Gasteiger partial charge in [-0.3, -0.25) is 0 Å². The van der Waals surface area contributed by atoms with Crippen LogP contribution in [0.15, 0.2) is 53.6 Å². The molecular formula is C15H18S. The molecule has 0 saturated carbocycles.